The van der Waals surface area contributed by atoms with E-state index in [2.05, 4.69) is 5.32 Å². The van der Waals surface area contributed by atoms with Gasteiger partial charge in [0.05, 0.1) is 0 Å². The van der Waals surface area contributed by atoms with Gasteiger partial charge in [-0.15, -0.1) is 0 Å². The molecule has 0 saturated carbocycles. The third kappa shape index (κ3) is 3.74. The normalized spacial score (nSPS) is 11.6. The van der Waals surface area contributed by atoms with Gasteiger partial charge in [-0.05, 0) is 0 Å². The molecule has 20 heavy (non-hydrogen) atoms. The van der Waals surface area contributed by atoms with Crippen LogP contribution in [0.15, 0.2) is 29.1 Å². The molecule has 1 amide bonds. The van der Waals surface area contributed by atoms with E-state index in [1.165, 1.54) is 0 Å². The molecule has 2 aromatic rings. The van der Waals surface area contributed by atoms with Crippen molar-refractivity contribution in [1.29, 1.82) is 0 Å². The van der Waals surface area contributed by atoms with Gasteiger partial charge in [0, 0.05) is 0 Å². The van der Waals surface area contributed by atoms with Crippen LogP contribution in [-0.4, -0.2) is 36.5 Å². The summed E-state index contributed by atoms with van der Waals surface area (Å²) < 4.78 is 7.93. The molecule has 1 aromatic heterocycles. The molecule has 0 aliphatic carbocycles. The van der Waals surface area contributed by atoms with Gasteiger partial charge in [0.25, 0.3) is 0 Å². The Balaban J connectivity index is 1.95. The first kappa shape index (κ1) is 14.9. The molecule has 2 rings (SSSR count). The molecule has 108 valence electrons. The molecule has 5 nitrogen and oxygen atoms in total. The van der Waals surface area contributed by atoms with E-state index >= 15 is 0 Å². The van der Waals surface area contributed by atoms with Crippen molar-refractivity contribution in [3.05, 3.63) is 34.6 Å². The second kappa shape index (κ2) is 5.85. The SMILES string of the molecule is CC(C)(C)NC(=O)OCCn1[se]c2ccccc2c1=O. The Kier molecular flexibility index (Phi) is 4.35. The number of aromatic nitrogens is 1. The molecule has 0 radical (unpaired) electrons. The first-order valence-corrected chi connectivity index (χ1v) is 8.03. The van der Waals surface area contributed by atoms with Crippen LogP contribution in [0.25, 0.3) is 9.65 Å². The summed E-state index contributed by atoms with van der Waals surface area (Å²) in [7, 11) is 0. The molecule has 0 fully saturated rings. The van der Waals surface area contributed by atoms with Crippen molar-refractivity contribution in [3.63, 3.8) is 0 Å². The summed E-state index contributed by atoms with van der Waals surface area (Å²) in [4.78, 5) is 23.6. The Labute approximate surface area is 123 Å². The van der Waals surface area contributed by atoms with Crippen LogP contribution in [0.5, 0.6) is 0 Å². The molecule has 0 bridgehead atoms. The van der Waals surface area contributed by atoms with Gasteiger partial charge in [0.2, 0.25) is 0 Å². The molecule has 6 heteroatoms. The maximum absolute atomic E-state index is 12.1. The van der Waals surface area contributed by atoms with Crippen LogP contribution < -0.4 is 10.9 Å². The average Bonchev–Trinajstić information content (AvgIpc) is 2.65. The van der Waals surface area contributed by atoms with E-state index in [4.69, 9.17) is 4.74 Å². The third-order valence-electron chi connectivity index (χ3n) is 2.56. The Morgan fingerprint density at radius 2 is 2.05 bits per heavy atom. The zero-order valence-corrected chi connectivity index (χ0v) is 13.5. The standard InChI is InChI=1S/C14H18N2O3Se/c1-14(2,3)15-13(18)19-9-8-16-12(17)10-6-4-5-7-11(10)20-16/h4-7H,8-9H2,1-3H3,(H,15,18). The fourth-order valence-electron chi connectivity index (χ4n) is 1.73. The number of rotatable bonds is 3. The van der Waals surface area contributed by atoms with Gasteiger partial charge < -0.3 is 0 Å². The van der Waals surface area contributed by atoms with Crippen LogP contribution in [0.1, 0.15) is 20.8 Å². The quantitative estimate of drug-likeness (QED) is 0.863. The van der Waals surface area contributed by atoms with Crippen molar-refractivity contribution >= 4 is 30.5 Å². The first-order valence-electron chi connectivity index (χ1n) is 6.40. The van der Waals surface area contributed by atoms with Crippen LogP contribution in [0.2, 0.25) is 0 Å². The van der Waals surface area contributed by atoms with Gasteiger partial charge >= 0.3 is 123 Å². The number of nitrogens with one attached hydrogen (secondary N) is 1. The number of alkyl carbamates (subject to hydrolysis) is 1. The summed E-state index contributed by atoms with van der Waals surface area (Å²) in [6, 6.07) is 7.61. The number of nitrogens with zero attached hydrogens (tertiary/aromatic N) is 1. The van der Waals surface area contributed by atoms with Gasteiger partial charge in [-0.3, -0.25) is 0 Å². The summed E-state index contributed by atoms with van der Waals surface area (Å²) in [5.74, 6) is 0. The fraction of sp³-hybridized carbons (Fsp3) is 0.429. The zero-order chi connectivity index (χ0) is 14.8. The second-order valence-corrected chi connectivity index (χ2v) is 7.74. The van der Waals surface area contributed by atoms with Gasteiger partial charge in [0.15, 0.2) is 0 Å². The van der Waals surface area contributed by atoms with E-state index in [-0.39, 0.29) is 32.4 Å². The molecule has 0 unspecified atom stereocenters. The Hall–Kier alpha value is -1.52. The van der Waals surface area contributed by atoms with E-state index in [1.807, 2.05) is 45.0 Å². The molecule has 1 N–H and O–H groups in total. The average molecular weight is 341 g/mol. The van der Waals surface area contributed by atoms with E-state index in [0.717, 1.165) is 9.65 Å². The zero-order valence-electron chi connectivity index (χ0n) is 11.8. The van der Waals surface area contributed by atoms with Crippen molar-refractivity contribution in [2.75, 3.05) is 6.61 Å². The molecular formula is C14H18N2O3Se. The molecule has 0 aliphatic heterocycles. The topological polar surface area (TPSA) is 60.3 Å². The van der Waals surface area contributed by atoms with Crippen molar-refractivity contribution < 1.29 is 9.53 Å². The van der Waals surface area contributed by atoms with Crippen molar-refractivity contribution in [2.24, 2.45) is 0 Å². The molecular weight excluding hydrogens is 323 g/mol. The third-order valence-corrected chi connectivity index (χ3v) is 4.91. The van der Waals surface area contributed by atoms with Crippen molar-refractivity contribution in [2.45, 2.75) is 32.9 Å². The number of carbonyl (C=O) groups is 1. The van der Waals surface area contributed by atoms with Crippen LogP contribution in [0, 0.1) is 0 Å². The number of carbonyl (C=O) groups excluding carboxylic acids is 1. The molecule has 1 heterocycles. The Morgan fingerprint density at radius 3 is 2.70 bits per heavy atom. The summed E-state index contributed by atoms with van der Waals surface area (Å²) in [5.41, 5.74) is -0.291. The van der Waals surface area contributed by atoms with Crippen LogP contribution in [0.3, 0.4) is 0 Å². The predicted molar refractivity (Wildman–Crippen MR) is 79.4 cm³/mol. The fourth-order valence-corrected chi connectivity index (χ4v) is 3.78. The van der Waals surface area contributed by atoms with Crippen LogP contribution in [0.4, 0.5) is 4.79 Å². The summed E-state index contributed by atoms with van der Waals surface area (Å²) in [6.07, 6.45) is -0.450. The van der Waals surface area contributed by atoms with E-state index < -0.39 is 6.09 Å². The predicted octanol–water partition coefficient (Wildman–Crippen LogP) is 1.58. The van der Waals surface area contributed by atoms with Crippen LogP contribution >= 0.6 is 0 Å². The minimum atomic E-state index is -0.450. The van der Waals surface area contributed by atoms with Gasteiger partial charge in [0.1, 0.15) is 0 Å². The van der Waals surface area contributed by atoms with Crippen LogP contribution in [-0.2, 0) is 11.3 Å². The number of hydrogen-bond donors (Lipinski definition) is 1. The van der Waals surface area contributed by atoms with Gasteiger partial charge in [-0.25, -0.2) is 0 Å². The molecule has 0 atom stereocenters. The molecule has 0 spiro atoms. The number of hydrogen-bond acceptors (Lipinski definition) is 3. The number of benzene rings is 1. The summed E-state index contributed by atoms with van der Waals surface area (Å²) in [5, 5.41) is 3.48. The molecule has 0 aliphatic rings. The molecule has 0 saturated heterocycles. The maximum atomic E-state index is 12.1. The summed E-state index contributed by atoms with van der Waals surface area (Å²) >= 11 is -0.0163. The van der Waals surface area contributed by atoms with E-state index in [0.29, 0.717) is 6.54 Å². The second-order valence-electron chi connectivity index (χ2n) is 5.51. The van der Waals surface area contributed by atoms with Crippen molar-refractivity contribution in [1.82, 2.24) is 8.88 Å². The van der Waals surface area contributed by atoms with Crippen molar-refractivity contribution in [3.8, 4) is 0 Å². The Bertz CT molecular complexity index is 667. The molecule has 1 aromatic carbocycles. The van der Waals surface area contributed by atoms with E-state index in [1.54, 1.807) is 3.56 Å². The van der Waals surface area contributed by atoms with Gasteiger partial charge in [-0.2, -0.15) is 0 Å². The monoisotopic (exact) mass is 342 g/mol. The Morgan fingerprint density at radius 1 is 1.35 bits per heavy atom. The number of fused-ring (bicyclic) bond motifs is 1. The first-order chi connectivity index (χ1) is 9.37. The number of amides is 1. The summed E-state index contributed by atoms with van der Waals surface area (Å²) in [6.45, 7) is 6.31. The number of ether oxygens (including phenoxy) is 1. The van der Waals surface area contributed by atoms with E-state index in [9.17, 15) is 9.59 Å². The minimum absolute atomic E-state index is 0.0163. The van der Waals surface area contributed by atoms with Gasteiger partial charge in [-0.1, -0.05) is 0 Å².